The van der Waals surface area contributed by atoms with Crippen LogP contribution in [0.15, 0.2) is 22.8 Å². The predicted octanol–water partition coefficient (Wildman–Crippen LogP) is 0.744. The third kappa shape index (κ3) is 5.87. The summed E-state index contributed by atoms with van der Waals surface area (Å²) in [5.74, 6) is 0.818. The normalized spacial score (nSPS) is 21.3. The largest absolute Gasteiger partial charge is 0.467 e. The molecule has 1 amide bonds. The molecule has 0 spiro atoms. The maximum Gasteiger partial charge on any atom is 0.217 e. The number of hydrogen-bond donors (Lipinski definition) is 2. The van der Waals surface area contributed by atoms with E-state index in [0.717, 1.165) is 31.7 Å². The third-order valence-electron chi connectivity index (χ3n) is 3.70. The smallest absolute Gasteiger partial charge is 0.217 e. The number of likely N-dealkylation sites (tertiary alicyclic amines) is 1. The highest BCUT2D eigenvalue weighted by atomic mass is 16.5. The van der Waals surface area contributed by atoms with Crippen LogP contribution >= 0.6 is 0 Å². The molecule has 0 aromatic carbocycles. The van der Waals surface area contributed by atoms with Gasteiger partial charge in [-0.25, -0.2) is 0 Å². The second-order valence-corrected chi connectivity index (χ2v) is 5.69. The van der Waals surface area contributed by atoms with Gasteiger partial charge in [-0.1, -0.05) is 0 Å². The number of aliphatic hydroxyl groups is 1. The van der Waals surface area contributed by atoms with Crippen molar-refractivity contribution in [2.24, 2.45) is 11.7 Å². The van der Waals surface area contributed by atoms with Gasteiger partial charge in [0.2, 0.25) is 5.91 Å². The standard InChI is InChI=1S/C15H24N2O4/c16-15(19)7-12-3-1-5-17(8-12)9-13(18)10-20-11-14-4-2-6-21-14/h2,4,6,12-13,18H,1,3,5,7-11H2,(H2,16,19). The summed E-state index contributed by atoms with van der Waals surface area (Å²) in [5, 5.41) is 10.0. The van der Waals surface area contributed by atoms with Crippen LogP contribution in [0.4, 0.5) is 0 Å². The van der Waals surface area contributed by atoms with Gasteiger partial charge in [-0.05, 0) is 37.4 Å². The molecule has 0 aliphatic carbocycles. The van der Waals surface area contributed by atoms with Crippen LogP contribution < -0.4 is 5.73 Å². The highest BCUT2D eigenvalue weighted by Gasteiger charge is 2.23. The number of primary amides is 1. The Morgan fingerprint density at radius 1 is 1.62 bits per heavy atom. The lowest BCUT2D eigenvalue weighted by molar-refractivity contribution is -0.119. The van der Waals surface area contributed by atoms with Gasteiger partial charge in [0.1, 0.15) is 12.4 Å². The average Bonchev–Trinajstić information content (AvgIpc) is 2.91. The number of carbonyl (C=O) groups is 1. The van der Waals surface area contributed by atoms with Crippen LogP contribution in [0.5, 0.6) is 0 Å². The van der Waals surface area contributed by atoms with Crippen molar-refractivity contribution in [2.75, 3.05) is 26.2 Å². The number of rotatable bonds is 8. The molecule has 6 heteroatoms. The van der Waals surface area contributed by atoms with E-state index < -0.39 is 6.10 Å². The Morgan fingerprint density at radius 3 is 3.19 bits per heavy atom. The number of furan rings is 1. The summed E-state index contributed by atoms with van der Waals surface area (Å²) >= 11 is 0. The van der Waals surface area contributed by atoms with Crippen LogP contribution in [0.1, 0.15) is 25.0 Å². The predicted molar refractivity (Wildman–Crippen MR) is 77.3 cm³/mol. The molecule has 118 valence electrons. The first-order chi connectivity index (χ1) is 10.1. The lowest BCUT2D eigenvalue weighted by Crippen LogP contribution is -2.42. The highest BCUT2D eigenvalue weighted by Crippen LogP contribution is 2.19. The molecule has 0 radical (unpaired) electrons. The van der Waals surface area contributed by atoms with E-state index in [9.17, 15) is 9.90 Å². The molecule has 21 heavy (non-hydrogen) atoms. The van der Waals surface area contributed by atoms with Crippen LogP contribution in [0.2, 0.25) is 0 Å². The Kier molecular flexibility index (Phi) is 6.22. The lowest BCUT2D eigenvalue weighted by Gasteiger charge is -2.33. The molecule has 3 N–H and O–H groups in total. The van der Waals surface area contributed by atoms with E-state index in [-0.39, 0.29) is 12.5 Å². The minimum absolute atomic E-state index is 0.246. The summed E-state index contributed by atoms with van der Waals surface area (Å²) in [5.41, 5.74) is 5.25. The summed E-state index contributed by atoms with van der Waals surface area (Å²) in [4.78, 5) is 13.2. The van der Waals surface area contributed by atoms with E-state index in [4.69, 9.17) is 14.9 Å². The van der Waals surface area contributed by atoms with Gasteiger partial charge in [-0.3, -0.25) is 4.79 Å². The molecule has 1 aromatic heterocycles. The van der Waals surface area contributed by atoms with Crippen molar-refractivity contribution >= 4 is 5.91 Å². The van der Waals surface area contributed by atoms with Crippen molar-refractivity contribution in [3.63, 3.8) is 0 Å². The quantitative estimate of drug-likeness (QED) is 0.739. The van der Waals surface area contributed by atoms with Gasteiger partial charge < -0.3 is 24.9 Å². The van der Waals surface area contributed by atoms with Crippen LogP contribution in [0.25, 0.3) is 0 Å². The highest BCUT2D eigenvalue weighted by molar-refractivity contribution is 5.74. The molecule has 1 aliphatic rings. The third-order valence-corrected chi connectivity index (χ3v) is 3.70. The monoisotopic (exact) mass is 296 g/mol. The summed E-state index contributed by atoms with van der Waals surface area (Å²) in [6, 6.07) is 3.65. The minimum Gasteiger partial charge on any atom is -0.467 e. The van der Waals surface area contributed by atoms with Gasteiger partial charge in [0.15, 0.2) is 0 Å². The Morgan fingerprint density at radius 2 is 2.48 bits per heavy atom. The number of carbonyl (C=O) groups excluding carboxylic acids is 1. The first-order valence-electron chi connectivity index (χ1n) is 7.42. The molecule has 1 aromatic rings. The molecular formula is C15H24N2O4. The first-order valence-corrected chi connectivity index (χ1v) is 7.42. The molecule has 1 saturated heterocycles. The van der Waals surface area contributed by atoms with Crippen LogP contribution in [-0.4, -0.2) is 48.3 Å². The fourth-order valence-corrected chi connectivity index (χ4v) is 2.81. The van der Waals surface area contributed by atoms with Crippen molar-refractivity contribution in [1.29, 1.82) is 0 Å². The zero-order valence-electron chi connectivity index (χ0n) is 12.2. The number of nitrogens with two attached hydrogens (primary N) is 1. The molecule has 1 fully saturated rings. The van der Waals surface area contributed by atoms with Gasteiger partial charge in [0.25, 0.3) is 0 Å². The molecule has 2 atom stereocenters. The second-order valence-electron chi connectivity index (χ2n) is 5.69. The Bertz CT molecular complexity index is 421. The summed E-state index contributed by atoms with van der Waals surface area (Å²) in [7, 11) is 0. The number of piperidine rings is 1. The summed E-state index contributed by atoms with van der Waals surface area (Å²) in [6.07, 6.45) is 3.57. The van der Waals surface area contributed by atoms with Gasteiger partial charge in [0, 0.05) is 19.5 Å². The summed E-state index contributed by atoms with van der Waals surface area (Å²) in [6.45, 7) is 2.97. The maximum atomic E-state index is 11.0. The molecule has 2 heterocycles. The average molecular weight is 296 g/mol. The van der Waals surface area contributed by atoms with Crippen molar-refractivity contribution < 1.29 is 19.1 Å². The molecule has 2 rings (SSSR count). The summed E-state index contributed by atoms with van der Waals surface area (Å²) < 4.78 is 10.6. The molecule has 0 bridgehead atoms. The molecule has 1 aliphatic heterocycles. The number of aliphatic hydroxyl groups excluding tert-OH is 1. The van der Waals surface area contributed by atoms with E-state index in [2.05, 4.69) is 4.90 Å². The maximum absolute atomic E-state index is 11.0. The molecule has 6 nitrogen and oxygen atoms in total. The Hall–Kier alpha value is -1.37. The second kappa shape index (κ2) is 8.17. The van der Waals surface area contributed by atoms with E-state index in [1.165, 1.54) is 0 Å². The van der Waals surface area contributed by atoms with Gasteiger partial charge in [0.05, 0.1) is 19.0 Å². The van der Waals surface area contributed by atoms with Gasteiger partial charge in [-0.2, -0.15) is 0 Å². The van der Waals surface area contributed by atoms with Crippen molar-refractivity contribution in [1.82, 2.24) is 4.90 Å². The van der Waals surface area contributed by atoms with E-state index in [0.29, 0.717) is 25.5 Å². The Balaban J connectivity index is 1.64. The van der Waals surface area contributed by atoms with Crippen LogP contribution in [0, 0.1) is 5.92 Å². The Labute approximate surface area is 124 Å². The van der Waals surface area contributed by atoms with E-state index in [1.54, 1.807) is 6.26 Å². The lowest BCUT2D eigenvalue weighted by atomic mass is 9.94. The first kappa shape index (κ1) is 16.0. The number of nitrogens with zero attached hydrogens (tertiary/aromatic N) is 1. The SMILES string of the molecule is NC(=O)CC1CCCN(CC(O)COCc2ccco2)C1. The molecule has 2 unspecified atom stereocenters. The zero-order chi connectivity index (χ0) is 15.1. The number of amides is 1. The van der Waals surface area contributed by atoms with Crippen molar-refractivity contribution in [3.8, 4) is 0 Å². The molecular weight excluding hydrogens is 272 g/mol. The zero-order valence-corrected chi connectivity index (χ0v) is 12.2. The van der Waals surface area contributed by atoms with Gasteiger partial charge in [-0.15, -0.1) is 0 Å². The number of ether oxygens (including phenoxy) is 1. The van der Waals surface area contributed by atoms with E-state index >= 15 is 0 Å². The van der Waals surface area contributed by atoms with Gasteiger partial charge >= 0.3 is 0 Å². The van der Waals surface area contributed by atoms with Crippen molar-refractivity contribution in [2.45, 2.75) is 32.0 Å². The van der Waals surface area contributed by atoms with E-state index in [1.807, 2.05) is 12.1 Å². The minimum atomic E-state index is -0.535. The number of hydrogen-bond acceptors (Lipinski definition) is 5. The van der Waals surface area contributed by atoms with Crippen molar-refractivity contribution in [3.05, 3.63) is 24.2 Å². The van der Waals surface area contributed by atoms with Crippen LogP contribution in [-0.2, 0) is 16.1 Å². The topological polar surface area (TPSA) is 88.9 Å². The fraction of sp³-hybridized carbons (Fsp3) is 0.667. The number of β-amino-alcohol motifs (C(OH)–C–C–N with tert-alkyl or cyclic N) is 1. The van der Waals surface area contributed by atoms with Crippen LogP contribution in [0.3, 0.4) is 0 Å². The molecule has 0 saturated carbocycles. The fourth-order valence-electron chi connectivity index (χ4n) is 2.81.